The van der Waals surface area contributed by atoms with Crippen molar-refractivity contribution in [3.05, 3.63) is 52.3 Å². The van der Waals surface area contributed by atoms with Crippen molar-refractivity contribution in [3.63, 3.8) is 0 Å². The Morgan fingerprint density at radius 1 is 1.00 bits per heavy atom. The number of benzene rings is 2. The van der Waals surface area contributed by atoms with Crippen LogP contribution in [0.4, 0.5) is 0 Å². The Morgan fingerprint density at radius 3 is 2.28 bits per heavy atom. The van der Waals surface area contributed by atoms with Crippen LogP contribution in [0.15, 0.2) is 41.4 Å². The quantitative estimate of drug-likeness (QED) is 0.316. The maximum Gasteiger partial charge on any atom is 0.338 e. The van der Waals surface area contributed by atoms with E-state index in [2.05, 4.69) is 4.99 Å². The Labute approximate surface area is 211 Å². The molecule has 1 heterocycles. The number of aromatic nitrogens is 1. The molecular weight excluding hydrogens is 488 g/mol. The van der Waals surface area contributed by atoms with Crippen molar-refractivity contribution in [2.45, 2.75) is 13.5 Å². The van der Waals surface area contributed by atoms with E-state index in [4.69, 9.17) is 23.7 Å². The zero-order chi connectivity index (χ0) is 26.2. The summed E-state index contributed by atoms with van der Waals surface area (Å²) < 4.78 is 28.0. The lowest BCUT2D eigenvalue weighted by Crippen LogP contribution is -2.22. The number of methoxy groups -OCH3 is 4. The molecule has 0 bridgehead atoms. The first-order chi connectivity index (χ1) is 17.3. The minimum Gasteiger partial charge on any atom is -0.493 e. The third kappa shape index (κ3) is 5.92. The molecule has 0 aliphatic carbocycles. The fourth-order valence-corrected chi connectivity index (χ4v) is 4.42. The van der Waals surface area contributed by atoms with Gasteiger partial charge in [0.2, 0.25) is 5.75 Å². The van der Waals surface area contributed by atoms with E-state index in [1.54, 1.807) is 47.9 Å². The molecule has 0 fully saturated rings. The molecule has 3 rings (SSSR count). The van der Waals surface area contributed by atoms with Crippen LogP contribution in [0.2, 0.25) is 0 Å². The second-order valence-electron chi connectivity index (χ2n) is 7.19. The highest BCUT2D eigenvalue weighted by Gasteiger charge is 2.15. The molecule has 3 aromatic rings. The summed E-state index contributed by atoms with van der Waals surface area (Å²) in [5.41, 5.74) is 1.61. The number of rotatable bonds is 9. The van der Waals surface area contributed by atoms with Gasteiger partial charge in [-0.3, -0.25) is 9.59 Å². The third-order valence-electron chi connectivity index (χ3n) is 5.02. The summed E-state index contributed by atoms with van der Waals surface area (Å²) in [6.07, 6.45) is 2.85. The van der Waals surface area contributed by atoms with Crippen molar-refractivity contribution in [3.8, 4) is 17.2 Å². The van der Waals surface area contributed by atoms with E-state index >= 15 is 0 Å². The first kappa shape index (κ1) is 26.5. The molecular formula is C25H26N2O8S. The Balaban J connectivity index is 2.01. The van der Waals surface area contributed by atoms with Gasteiger partial charge in [-0.2, -0.15) is 4.99 Å². The summed E-state index contributed by atoms with van der Waals surface area (Å²) in [5, 5.41) is 0. The second kappa shape index (κ2) is 12.0. The molecule has 0 aliphatic heterocycles. The molecule has 10 nitrogen and oxygen atoms in total. The van der Waals surface area contributed by atoms with Gasteiger partial charge in [0.1, 0.15) is 6.54 Å². The van der Waals surface area contributed by atoms with Crippen LogP contribution < -0.4 is 19.0 Å². The molecule has 0 saturated heterocycles. The monoisotopic (exact) mass is 514 g/mol. The Kier molecular flexibility index (Phi) is 8.85. The number of nitrogens with zero attached hydrogens (tertiary/aromatic N) is 2. The summed E-state index contributed by atoms with van der Waals surface area (Å²) in [5.74, 6) is -0.206. The van der Waals surface area contributed by atoms with Crippen molar-refractivity contribution in [1.29, 1.82) is 0 Å². The maximum absolute atomic E-state index is 12.7. The summed E-state index contributed by atoms with van der Waals surface area (Å²) >= 11 is 1.16. The van der Waals surface area contributed by atoms with Crippen LogP contribution in [0, 0.1) is 0 Å². The minimum absolute atomic E-state index is 0.155. The zero-order valence-corrected chi connectivity index (χ0v) is 21.3. The molecule has 11 heteroatoms. The van der Waals surface area contributed by atoms with Crippen LogP contribution in [0.1, 0.15) is 22.8 Å². The van der Waals surface area contributed by atoms with Crippen molar-refractivity contribution >= 4 is 45.5 Å². The lowest BCUT2D eigenvalue weighted by atomic mass is 10.1. The largest absolute Gasteiger partial charge is 0.493 e. The predicted molar refractivity (Wildman–Crippen MR) is 133 cm³/mol. The van der Waals surface area contributed by atoms with Crippen LogP contribution >= 0.6 is 11.3 Å². The van der Waals surface area contributed by atoms with Gasteiger partial charge >= 0.3 is 11.9 Å². The summed E-state index contributed by atoms with van der Waals surface area (Å²) in [7, 11) is 5.78. The van der Waals surface area contributed by atoms with E-state index in [1.807, 2.05) is 0 Å². The smallest absolute Gasteiger partial charge is 0.338 e. The van der Waals surface area contributed by atoms with E-state index < -0.39 is 17.8 Å². The van der Waals surface area contributed by atoms with Crippen LogP contribution in [-0.2, 0) is 25.6 Å². The van der Waals surface area contributed by atoms with Gasteiger partial charge in [0.15, 0.2) is 16.3 Å². The van der Waals surface area contributed by atoms with Crippen molar-refractivity contribution in [2.24, 2.45) is 4.99 Å². The average Bonchev–Trinajstić information content (AvgIpc) is 3.22. The Bertz CT molecular complexity index is 1360. The topological polar surface area (TPSA) is 115 Å². The molecule has 2 aromatic carbocycles. The third-order valence-corrected chi connectivity index (χ3v) is 6.06. The molecule has 0 N–H and O–H groups in total. The molecule has 0 spiro atoms. The molecule has 1 amide bonds. The van der Waals surface area contributed by atoms with Crippen molar-refractivity contribution in [1.82, 2.24) is 4.57 Å². The molecule has 0 aliphatic rings. The van der Waals surface area contributed by atoms with Gasteiger partial charge in [0, 0.05) is 6.08 Å². The second-order valence-corrected chi connectivity index (χ2v) is 8.20. The highest BCUT2D eigenvalue weighted by atomic mass is 32.1. The molecule has 1 aromatic heterocycles. The number of fused-ring (bicyclic) bond motifs is 1. The number of thiazole rings is 1. The summed E-state index contributed by atoms with van der Waals surface area (Å²) in [4.78, 5) is 41.3. The van der Waals surface area contributed by atoms with Gasteiger partial charge in [-0.05, 0) is 48.9 Å². The number of amides is 1. The van der Waals surface area contributed by atoms with Gasteiger partial charge < -0.3 is 28.3 Å². The van der Waals surface area contributed by atoms with Crippen molar-refractivity contribution in [2.75, 3.05) is 35.0 Å². The number of hydrogen-bond donors (Lipinski definition) is 0. The highest BCUT2D eigenvalue weighted by Crippen LogP contribution is 2.38. The van der Waals surface area contributed by atoms with Crippen LogP contribution in [0.5, 0.6) is 17.2 Å². The molecule has 0 saturated carbocycles. The van der Waals surface area contributed by atoms with Gasteiger partial charge in [0.25, 0.3) is 5.91 Å². The Morgan fingerprint density at radius 2 is 1.69 bits per heavy atom. The van der Waals surface area contributed by atoms with Gasteiger partial charge in [-0.15, -0.1) is 0 Å². The highest BCUT2D eigenvalue weighted by molar-refractivity contribution is 7.16. The van der Waals surface area contributed by atoms with E-state index in [-0.39, 0.29) is 18.0 Å². The SMILES string of the molecule is CCOC(=O)c1ccc2c(c1)sc(=NC(=O)/C=C\c1cc(OC)c(OC)c(OC)c1)n2CC(=O)OC. The lowest BCUT2D eigenvalue weighted by Gasteiger charge is -2.12. The van der Waals surface area contributed by atoms with Gasteiger partial charge in [-0.1, -0.05) is 11.3 Å². The number of carbonyl (C=O) groups is 3. The molecule has 0 atom stereocenters. The van der Waals surface area contributed by atoms with Crippen LogP contribution in [-0.4, -0.2) is 57.5 Å². The van der Waals surface area contributed by atoms with E-state index in [0.717, 1.165) is 11.3 Å². The lowest BCUT2D eigenvalue weighted by molar-refractivity contribution is -0.141. The predicted octanol–water partition coefficient (Wildman–Crippen LogP) is 3.22. The standard InChI is InChI=1S/C25H26N2O8S/c1-6-35-24(30)16-8-9-17-20(13-16)36-25(27(17)14-22(29)33-4)26-21(28)10-7-15-11-18(31-2)23(34-5)19(12-15)32-3/h7-13H,6,14H2,1-5H3/b10-7-,26-25?. The number of esters is 2. The summed E-state index contributed by atoms with van der Waals surface area (Å²) in [6.45, 7) is 1.81. The normalized spacial score (nSPS) is 11.5. The first-order valence-corrected chi connectivity index (χ1v) is 11.6. The number of ether oxygens (including phenoxy) is 5. The molecule has 0 radical (unpaired) electrons. The van der Waals surface area contributed by atoms with E-state index in [0.29, 0.717) is 38.6 Å². The van der Waals surface area contributed by atoms with Crippen LogP contribution in [0.3, 0.4) is 0 Å². The fraction of sp³-hybridized carbons (Fsp3) is 0.280. The summed E-state index contributed by atoms with van der Waals surface area (Å²) in [6, 6.07) is 8.30. The first-order valence-electron chi connectivity index (χ1n) is 10.8. The molecule has 36 heavy (non-hydrogen) atoms. The average molecular weight is 515 g/mol. The molecule has 0 unspecified atom stereocenters. The van der Waals surface area contributed by atoms with Gasteiger partial charge in [0.05, 0.1) is 50.8 Å². The molecule has 190 valence electrons. The maximum atomic E-state index is 12.7. The minimum atomic E-state index is -0.556. The zero-order valence-electron chi connectivity index (χ0n) is 20.5. The Hall–Kier alpha value is -4.12. The fourth-order valence-electron chi connectivity index (χ4n) is 3.34. The number of carbonyl (C=O) groups excluding carboxylic acids is 3. The number of hydrogen-bond acceptors (Lipinski definition) is 9. The van der Waals surface area contributed by atoms with E-state index in [9.17, 15) is 14.4 Å². The van der Waals surface area contributed by atoms with E-state index in [1.165, 1.54) is 34.5 Å². The van der Waals surface area contributed by atoms with Gasteiger partial charge in [-0.25, -0.2) is 4.79 Å². The van der Waals surface area contributed by atoms with Crippen LogP contribution in [0.25, 0.3) is 16.3 Å². The van der Waals surface area contributed by atoms with Crippen molar-refractivity contribution < 1.29 is 38.1 Å².